The highest BCUT2D eigenvalue weighted by Gasteiger charge is 2.32. The average molecular weight is 328 g/mol. The van der Waals surface area contributed by atoms with Gasteiger partial charge in [0.2, 0.25) is 0 Å². The van der Waals surface area contributed by atoms with E-state index >= 15 is 0 Å². The predicted molar refractivity (Wildman–Crippen MR) is 86.0 cm³/mol. The van der Waals surface area contributed by atoms with Gasteiger partial charge in [-0.25, -0.2) is 0 Å². The molecule has 1 heterocycles. The topological polar surface area (TPSA) is 67.6 Å². The number of rotatable bonds is 4. The Morgan fingerprint density at radius 1 is 1.35 bits per heavy atom. The molecule has 0 spiro atoms. The quantitative estimate of drug-likeness (QED) is 0.386. The van der Waals surface area contributed by atoms with Crippen LogP contribution in [0.3, 0.4) is 0 Å². The van der Waals surface area contributed by atoms with Gasteiger partial charge in [0.15, 0.2) is 0 Å². The Morgan fingerprint density at radius 2 is 2.00 bits per heavy atom. The van der Waals surface area contributed by atoms with Crippen LogP contribution in [0.5, 0.6) is 0 Å². The SMILES string of the molecule is CCC(C(N)=NN)C1CCN(c2cccc(C(F)(F)F)c2)CC1. The van der Waals surface area contributed by atoms with Crippen LogP contribution < -0.4 is 16.5 Å². The van der Waals surface area contributed by atoms with Gasteiger partial charge in [-0.15, -0.1) is 0 Å². The molecule has 2 rings (SSSR count). The number of anilines is 1. The van der Waals surface area contributed by atoms with E-state index < -0.39 is 11.7 Å². The van der Waals surface area contributed by atoms with Gasteiger partial charge >= 0.3 is 6.18 Å². The summed E-state index contributed by atoms with van der Waals surface area (Å²) in [6, 6.07) is 5.50. The number of nitrogens with zero attached hydrogens (tertiary/aromatic N) is 2. The molecule has 0 amide bonds. The van der Waals surface area contributed by atoms with Crippen LogP contribution in [-0.4, -0.2) is 18.9 Å². The second-order valence-electron chi connectivity index (χ2n) is 5.94. The number of benzene rings is 1. The van der Waals surface area contributed by atoms with Crippen molar-refractivity contribution < 1.29 is 13.2 Å². The Morgan fingerprint density at radius 3 is 2.52 bits per heavy atom. The number of hydrogen-bond donors (Lipinski definition) is 2. The first kappa shape index (κ1) is 17.4. The summed E-state index contributed by atoms with van der Waals surface area (Å²) in [7, 11) is 0. The summed E-state index contributed by atoms with van der Waals surface area (Å²) in [4.78, 5) is 1.99. The molecule has 1 aliphatic rings. The van der Waals surface area contributed by atoms with Crippen LogP contribution in [0.2, 0.25) is 0 Å². The Balaban J connectivity index is 2.05. The lowest BCUT2D eigenvalue weighted by Crippen LogP contribution is -2.40. The van der Waals surface area contributed by atoms with Crippen LogP contribution in [0.4, 0.5) is 18.9 Å². The van der Waals surface area contributed by atoms with Gasteiger partial charge in [0.25, 0.3) is 0 Å². The normalized spacial score (nSPS) is 19.0. The van der Waals surface area contributed by atoms with Crippen LogP contribution in [0.1, 0.15) is 31.7 Å². The fourth-order valence-corrected chi connectivity index (χ4v) is 3.32. The van der Waals surface area contributed by atoms with E-state index in [0.717, 1.165) is 25.3 Å². The summed E-state index contributed by atoms with van der Waals surface area (Å²) in [6.45, 7) is 3.46. The standard InChI is InChI=1S/C16H23F3N4/c1-2-14(15(20)22-21)11-6-8-23(9-7-11)13-5-3-4-12(10-13)16(17,18)19/h3-5,10-11,14H,2,6-9,21H2,1H3,(H2,20,22). The lowest BCUT2D eigenvalue weighted by molar-refractivity contribution is -0.137. The smallest absolute Gasteiger partial charge is 0.385 e. The molecule has 128 valence electrons. The minimum atomic E-state index is -4.31. The van der Waals surface area contributed by atoms with Gasteiger partial charge in [-0.3, -0.25) is 0 Å². The maximum atomic E-state index is 12.8. The van der Waals surface area contributed by atoms with Crippen LogP contribution in [0.15, 0.2) is 29.4 Å². The van der Waals surface area contributed by atoms with Crippen molar-refractivity contribution in [3.63, 3.8) is 0 Å². The second kappa shape index (κ2) is 7.10. The molecule has 1 atom stereocenters. The van der Waals surface area contributed by atoms with E-state index in [0.29, 0.717) is 30.5 Å². The molecule has 0 radical (unpaired) electrons. The molecular weight excluding hydrogens is 305 g/mol. The zero-order valence-corrected chi connectivity index (χ0v) is 13.2. The molecule has 1 aromatic carbocycles. The minimum absolute atomic E-state index is 0.142. The summed E-state index contributed by atoms with van der Waals surface area (Å²) < 4.78 is 38.5. The fraction of sp³-hybridized carbons (Fsp3) is 0.562. The predicted octanol–water partition coefficient (Wildman–Crippen LogP) is 3.18. The van der Waals surface area contributed by atoms with Crippen molar-refractivity contribution in [3.05, 3.63) is 29.8 Å². The van der Waals surface area contributed by atoms with Crippen molar-refractivity contribution in [1.82, 2.24) is 0 Å². The first-order valence-electron chi connectivity index (χ1n) is 7.82. The number of alkyl halides is 3. The average Bonchev–Trinajstić information content (AvgIpc) is 2.55. The third-order valence-corrected chi connectivity index (χ3v) is 4.62. The van der Waals surface area contributed by atoms with Crippen molar-refractivity contribution in [3.8, 4) is 0 Å². The van der Waals surface area contributed by atoms with Gasteiger partial charge in [-0.2, -0.15) is 18.3 Å². The zero-order valence-electron chi connectivity index (χ0n) is 13.2. The van der Waals surface area contributed by atoms with E-state index in [1.165, 1.54) is 12.1 Å². The third-order valence-electron chi connectivity index (χ3n) is 4.62. The summed E-state index contributed by atoms with van der Waals surface area (Å²) in [5.41, 5.74) is 5.87. The summed E-state index contributed by atoms with van der Waals surface area (Å²) in [5, 5.41) is 3.61. The highest BCUT2D eigenvalue weighted by atomic mass is 19.4. The first-order chi connectivity index (χ1) is 10.9. The van der Waals surface area contributed by atoms with Gasteiger partial charge in [0, 0.05) is 24.7 Å². The zero-order chi connectivity index (χ0) is 17.0. The second-order valence-corrected chi connectivity index (χ2v) is 5.94. The van der Waals surface area contributed by atoms with E-state index in [-0.39, 0.29) is 5.92 Å². The maximum absolute atomic E-state index is 12.8. The van der Waals surface area contributed by atoms with Crippen LogP contribution in [-0.2, 0) is 6.18 Å². The minimum Gasteiger partial charge on any atom is -0.385 e. The molecule has 1 unspecified atom stereocenters. The molecular formula is C16H23F3N4. The van der Waals surface area contributed by atoms with Crippen LogP contribution in [0.25, 0.3) is 0 Å². The molecule has 0 aliphatic carbocycles. The number of amidine groups is 1. The molecule has 1 aliphatic heterocycles. The van der Waals surface area contributed by atoms with Crippen LogP contribution in [0, 0.1) is 11.8 Å². The van der Waals surface area contributed by atoms with Gasteiger partial charge in [-0.1, -0.05) is 13.0 Å². The lowest BCUT2D eigenvalue weighted by atomic mass is 9.82. The van der Waals surface area contributed by atoms with Gasteiger partial charge in [0.1, 0.15) is 5.84 Å². The van der Waals surface area contributed by atoms with Crippen molar-refractivity contribution in [2.75, 3.05) is 18.0 Å². The van der Waals surface area contributed by atoms with Crippen molar-refractivity contribution in [2.24, 2.45) is 28.5 Å². The Hall–Kier alpha value is -1.92. The summed E-state index contributed by atoms with van der Waals surface area (Å²) in [5.74, 6) is 6.25. The number of halogens is 3. The third kappa shape index (κ3) is 4.09. The van der Waals surface area contributed by atoms with Crippen molar-refractivity contribution in [1.29, 1.82) is 0 Å². The number of piperidine rings is 1. The molecule has 1 fully saturated rings. The summed E-state index contributed by atoms with van der Waals surface area (Å²) in [6.07, 6.45) is -1.72. The molecule has 23 heavy (non-hydrogen) atoms. The molecule has 1 saturated heterocycles. The fourth-order valence-electron chi connectivity index (χ4n) is 3.32. The lowest BCUT2D eigenvalue weighted by Gasteiger charge is -2.37. The maximum Gasteiger partial charge on any atom is 0.416 e. The largest absolute Gasteiger partial charge is 0.416 e. The Kier molecular flexibility index (Phi) is 5.38. The Bertz CT molecular complexity index is 549. The highest BCUT2D eigenvalue weighted by Crippen LogP contribution is 2.34. The van der Waals surface area contributed by atoms with E-state index in [1.54, 1.807) is 6.07 Å². The van der Waals surface area contributed by atoms with E-state index in [9.17, 15) is 13.2 Å². The number of nitrogens with two attached hydrogens (primary N) is 2. The molecule has 0 saturated carbocycles. The highest BCUT2D eigenvalue weighted by molar-refractivity contribution is 5.82. The van der Waals surface area contributed by atoms with Gasteiger partial charge in [-0.05, 0) is 43.4 Å². The summed E-state index contributed by atoms with van der Waals surface area (Å²) >= 11 is 0. The van der Waals surface area contributed by atoms with Crippen molar-refractivity contribution >= 4 is 11.5 Å². The number of hydrogen-bond acceptors (Lipinski definition) is 3. The molecule has 1 aromatic rings. The molecule has 7 heteroatoms. The molecule has 0 bridgehead atoms. The number of hydrazone groups is 1. The van der Waals surface area contributed by atoms with Gasteiger partial charge < -0.3 is 16.5 Å². The van der Waals surface area contributed by atoms with E-state index in [2.05, 4.69) is 5.10 Å². The van der Waals surface area contributed by atoms with E-state index in [4.69, 9.17) is 11.6 Å². The van der Waals surface area contributed by atoms with Crippen molar-refractivity contribution in [2.45, 2.75) is 32.4 Å². The molecule has 4 N–H and O–H groups in total. The van der Waals surface area contributed by atoms with Crippen LogP contribution >= 0.6 is 0 Å². The van der Waals surface area contributed by atoms with Gasteiger partial charge in [0.05, 0.1) is 5.56 Å². The first-order valence-corrected chi connectivity index (χ1v) is 7.82. The molecule has 0 aromatic heterocycles. The van der Waals surface area contributed by atoms with E-state index in [1.807, 2.05) is 11.8 Å². The monoisotopic (exact) mass is 328 g/mol. The molecule has 4 nitrogen and oxygen atoms in total. The Labute approximate surface area is 134 Å².